The molecule has 1 aromatic carbocycles. The van der Waals surface area contributed by atoms with E-state index in [-0.39, 0.29) is 17.7 Å². The van der Waals surface area contributed by atoms with Crippen LogP contribution in [0.5, 0.6) is 0 Å². The number of carbonyl (C=O) groups excluding carboxylic acids is 1. The monoisotopic (exact) mass is 316 g/mol. The van der Waals surface area contributed by atoms with E-state index in [1.165, 1.54) is 18.5 Å². The van der Waals surface area contributed by atoms with Crippen molar-refractivity contribution in [2.75, 3.05) is 18.4 Å². The van der Waals surface area contributed by atoms with Gasteiger partial charge in [-0.25, -0.2) is 14.4 Å². The van der Waals surface area contributed by atoms with Gasteiger partial charge in [-0.05, 0) is 25.0 Å². The van der Waals surface area contributed by atoms with Crippen LogP contribution in [0.4, 0.5) is 16.0 Å². The SMILES string of the molecule is CCCN(CCC)C(=O)c1cnc(Nc2ccccc2F)nc1. The van der Waals surface area contributed by atoms with Crippen molar-refractivity contribution in [2.24, 2.45) is 0 Å². The summed E-state index contributed by atoms with van der Waals surface area (Å²) in [6, 6.07) is 6.28. The number of halogens is 1. The Morgan fingerprint density at radius 3 is 2.30 bits per heavy atom. The van der Waals surface area contributed by atoms with Gasteiger partial charge in [0.15, 0.2) is 0 Å². The van der Waals surface area contributed by atoms with Crippen molar-refractivity contribution < 1.29 is 9.18 Å². The minimum atomic E-state index is -0.381. The van der Waals surface area contributed by atoms with Gasteiger partial charge in [-0.1, -0.05) is 26.0 Å². The lowest BCUT2D eigenvalue weighted by atomic mass is 10.2. The molecule has 0 bridgehead atoms. The summed E-state index contributed by atoms with van der Waals surface area (Å²) >= 11 is 0. The lowest BCUT2D eigenvalue weighted by Gasteiger charge is -2.21. The van der Waals surface area contributed by atoms with Crippen molar-refractivity contribution in [3.63, 3.8) is 0 Å². The van der Waals surface area contributed by atoms with Crippen molar-refractivity contribution in [1.82, 2.24) is 14.9 Å². The fourth-order valence-electron chi connectivity index (χ4n) is 2.22. The van der Waals surface area contributed by atoms with E-state index in [2.05, 4.69) is 15.3 Å². The molecule has 1 aromatic heterocycles. The number of rotatable bonds is 7. The third-order valence-electron chi connectivity index (χ3n) is 3.29. The third kappa shape index (κ3) is 4.48. The number of carbonyl (C=O) groups is 1. The van der Waals surface area contributed by atoms with Crippen LogP contribution >= 0.6 is 0 Å². The number of hydrogen-bond donors (Lipinski definition) is 1. The number of amides is 1. The van der Waals surface area contributed by atoms with E-state index in [0.717, 1.165) is 12.8 Å². The van der Waals surface area contributed by atoms with E-state index in [9.17, 15) is 9.18 Å². The van der Waals surface area contributed by atoms with Crippen LogP contribution in [0.3, 0.4) is 0 Å². The standard InChI is InChI=1S/C17H21FN4O/c1-3-9-22(10-4-2)16(23)13-11-19-17(20-12-13)21-15-8-6-5-7-14(15)18/h5-8,11-12H,3-4,9-10H2,1-2H3,(H,19,20,21). The second kappa shape index (κ2) is 8.22. The number of nitrogens with one attached hydrogen (secondary N) is 1. The summed E-state index contributed by atoms with van der Waals surface area (Å²) in [5.41, 5.74) is 0.733. The first kappa shape index (κ1) is 16.9. The van der Waals surface area contributed by atoms with Crippen LogP contribution in [0.2, 0.25) is 0 Å². The Hall–Kier alpha value is -2.50. The molecule has 0 radical (unpaired) electrons. The highest BCUT2D eigenvalue weighted by molar-refractivity contribution is 5.93. The zero-order valence-electron chi connectivity index (χ0n) is 13.4. The molecule has 0 aliphatic carbocycles. The van der Waals surface area contributed by atoms with Gasteiger partial charge in [0.2, 0.25) is 5.95 Å². The molecule has 0 saturated heterocycles. The quantitative estimate of drug-likeness (QED) is 0.847. The molecule has 0 spiro atoms. The summed E-state index contributed by atoms with van der Waals surface area (Å²) in [5.74, 6) is -0.205. The molecule has 1 amide bonds. The van der Waals surface area contributed by atoms with Gasteiger partial charge < -0.3 is 10.2 Å². The zero-order valence-corrected chi connectivity index (χ0v) is 13.4. The molecule has 0 fully saturated rings. The van der Waals surface area contributed by atoms with E-state index in [0.29, 0.717) is 24.3 Å². The summed E-state index contributed by atoms with van der Waals surface area (Å²) in [6.45, 7) is 5.49. The topological polar surface area (TPSA) is 58.1 Å². The van der Waals surface area contributed by atoms with E-state index in [4.69, 9.17) is 0 Å². The summed E-state index contributed by atoms with van der Waals surface area (Å²) in [7, 11) is 0. The smallest absolute Gasteiger partial charge is 0.256 e. The van der Waals surface area contributed by atoms with Crippen LogP contribution in [0.25, 0.3) is 0 Å². The molecule has 23 heavy (non-hydrogen) atoms. The maximum Gasteiger partial charge on any atom is 0.256 e. The van der Waals surface area contributed by atoms with E-state index >= 15 is 0 Å². The van der Waals surface area contributed by atoms with Gasteiger partial charge in [0.25, 0.3) is 5.91 Å². The normalized spacial score (nSPS) is 10.4. The van der Waals surface area contributed by atoms with Gasteiger partial charge in [0, 0.05) is 25.5 Å². The number of aromatic nitrogens is 2. The van der Waals surface area contributed by atoms with Crippen LogP contribution in [-0.2, 0) is 0 Å². The zero-order chi connectivity index (χ0) is 16.7. The van der Waals surface area contributed by atoms with Crippen molar-refractivity contribution in [3.05, 3.63) is 48.0 Å². The summed E-state index contributed by atoms with van der Waals surface area (Å²) in [5, 5.41) is 2.80. The summed E-state index contributed by atoms with van der Waals surface area (Å²) in [4.78, 5) is 22.4. The number of para-hydroxylation sites is 1. The molecule has 0 aliphatic rings. The summed E-state index contributed by atoms with van der Waals surface area (Å²) < 4.78 is 13.6. The van der Waals surface area contributed by atoms with Crippen LogP contribution in [-0.4, -0.2) is 33.9 Å². The number of hydrogen-bond acceptors (Lipinski definition) is 4. The largest absolute Gasteiger partial charge is 0.339 e. The maximum atomic E-state index is 13.6. The molecule has 0 aliphatic heterocycles. The molecule has 122 valence electrons. The molecule has 1 N–H and O–H groups in total. The first-order valence-electron chi connectivity index (χ1n) is 7.78. The predicted molar refractivity (Wildman–Crippen MR) is 88.2 cm³/mol. The van der Waals surface area contributed by atoms with E-state index in [1.54, 1.807) is 23.1 Å². The van der Waals surface area contributed by atoms with Gasteiger partial charge in [0.1, 0.15) is 5.82 Å². The minimum Gasteiger partial charge on any atom is -0.339 e. The Kier molecular flexibility index (Phi) is 6.02. The van der Waals surface area contributed by atoms with Gasteiger partial charge >= 0.3 is 0 Å². The highest BCUT2D eigenvalue weighted by atomic mass is 19.1. The fourth-order valence-corrected chi connectivity index (χ4v) is 2.22. The Morgan fingerprint density at radius 2 is 1.74 bits per heavy atom. The number of benzene rings is 1. The molecule has 0 atom stereocenters. The Morgan fingerprint density at radius 1 is 1.13 bits per heavy atom. The van der Waals surface area contributed by atoms with Crippen molar-refractivity contribution in [3.8, 4) is 0 Å². The first-order valence-corrected chi connectivity index (χ1v) is 7.78. The fraction of sp³-hybridized carbons (Fsp3) is 0.353. The highest BCUT2D eigenvalue weighted by Gasteiger charge is 2.15. The van der Waals surface area contributed by atoms with Crippen molar-refractivity contribution in [2.45, 2.75) is 26.7 Å². The first-order chi connectivity index (χ1) is 11.2. The maximum absolute atomic E-state index is 13.6. The van der Waals surface area contributed by atoms with E-state index < -0.39 is 0 Å². The molecule has 5 nitrogen and oxygen atoms in total. The second-order valence-electron chi connectivity index (χ2n) is 5.19. The van der Waals surface area contributed by atoms with Gasteiger partial charge in [0.05, 0.1) is 11.3 Å². The Labute approximate surface area is 135 Å². The van der Waals surface area contributed by atoms with Crippen LogP contribution < -0.4 is 5.32 Å². The lowest BCUT2D eigenvalue weighted by molar-refractivity contribution is 0.0754. The molecule has 0 saturated carbocycles. The molecular formula is C17H21FN4O. The Bertz CT molecular complexity index is 639. The second-order valence-corrected chi connectivity index (χ2v) is 5.19. The average molecular weight is 316 g/mol. The molecule has 0 unspecified atom stereocenters. The minimum absolute atomic E-state index is 0.0776. The third-order valence-corrected chi connectivity index (χ3v) is 3.29. The molecule has 1 heterocycles. The predicted octanol–water partition coefficient (Wildman–Crippen LogP) is 3.62. The molecular weight excluding hydrogens is 295 g/mol. The van der Waals surface area contributed by atoms with Crippen LogP contribution in [0.15, 0.2) is 36.7 Å². The van der Waals surface area contributed by atoms with E-state index in [1.807, 2.05) is 13.8 Å². The number of nitrogens with zero attached hydrogens (tertiary/aromatic N) is 3. The van der Waals surface area contributed by atoms with Gasteiger partial charge in [-0.15, -0.1) is 0 Å². The molecule has 2 aromatic rings. The van der Waals surface area contributed by atoms with Crippen molar-refractivity contribution >= 4 is 17.5 Å². The lowest BCUT2D eigenvalue weighted by Crippen LogP contribution is -2.32. The summed E-state index contributed by atoms with van der Waals surface area (Å²) in [6.07, 6.45) is 4.74. The van der Waals surface area contributed by atoms with Crippen LogP contribution in [0.1, 0.15) is 37.0 Å². The molecule has 2 rings (SSSR count). The average Bonchev–Trinajstić information content (AvgIpc) is 2.57. The van der Waals surface area contributed by atoms with Crippen molar-refractivity contribution in [1.29, 1.82) is 0 Å². The van der Waals surface area contributed by atoms with Gasteiger partial charge in [-0.2, -0.15) is 0 Å². The molecule has 6 heteroatoms. The Balaban J connectivity index is 2.09. The van der Waals surface area contributed by atoms with Gasteiger partial charge in [-0.3, -0.25) is 4.79 Å². The highest BCUT2D eigenvalue weighted by Crippen LogP contribution is 2.16. The number of anilines is 2. The van der Waals surface area contributed by atoms with Crippen LogP contribution in [0, 0.1) is 5.82 Å².